The first kappa shape index (κ1) is 14.8. The fraction of sp³-hybridized carbons (Fsp3) is 0.500. The van der Waals surface area contributed by atoms with E-state index in [9.17, 15) is 8.78 Å². The van der Waals surface area contributed by atoms with Gasteiger partial charge in [-0.2, -0.15) is 0 Å². The second-order valence-corrected chi connectivity index (χ2v) is 6.82. The normalized spacial score (nSPS) is 22.0. The molecule has 1 unspecified atom stereocenters. The van der Waals surface area contributed by atoms with Gasteiger partial charge < -0.3 is 4.57 Å². The molecule has 2 fully saturated rings. The summed E-state index contributed by atoms with van der Waals surface area (Å²) in [7, 11) is 0. The van der Waals surface area contributed by atoms with Crippen LogP contribution in [0.1, 0.15) is 48.3 Å². The zero-order valence-corrected chi connectivity index (χ0v) is 13.3. The van der Waals surface area contributed by atoms with Gasteiger partial charge in [0.15, 0.2) is 0 Å². The molecule has 2 aromatic rings. The minimum Gasteiger partial charge on any atom is -0.328 e. The smallest absolute Gasteiger partial charge is 0.130 e. The third-order valence-corrected chi connectivity index (χ3v) is 4.97. The highest BCUT2D eigenvalue weighted by Crippen LogP contribution is 2.41. The van der Waals surface area contributed by atoms with Gasteiger partial charge in [-0.3, -0.25) is 4.90 Å². The highest BCUT2D eigenvalue weighted by Gasteiger charge is 2.33. The van der Waals surface area contributed by atoms with Crippen LogP contribution in [-0.2, 0) is 6.54 Å². The number of hydrogen-bond acceptors (Lipinski definition) is 2. The van der Waals surface area contributed by atoms with E-state index in [1.54, 1.807) is 6.07 Å². The SMILES string of the molecule is Cc1cnc(C2CC2)n1C1CCN(Cc2ccc(F)cc2F)C1. The molecule has 5 heteroatoms. The van der Waals surface area contributed by atoms with E-state index in [1.165, 1.54) is 30.4 Å². The first-order chi connectivity index (χ1) is 11.1. The molecular weight excluding hydrogens is 296 g/mol. The van der Waals surface area contributed by atoms with Crippen molar-refractivity contribution in [1.82, 2.24) is 14.5 Å². The number of halogens is 2. The molecule has 1 aliphatic heterocycles. The molecule has 4 rings (SSSR count). The molecule has 1 aromatic heterocycles. The molecule has 0 N–H and O–H groups in total. The lowest BCUT2D eigenvalue weighted by molar-refractivity contribution is 0.309. The molecule has 122 valence electrons. The highest BCUT2D eigenvalue weighted by molar-refractivity contribution is 5.19. The van der Waals surface area contributed by atoms with Gasteiger partial charge in [-0.1, -0.05) is 6.07 Å². The molecule has 0 amide bonds. The van der Waals surface area contributed by atoms with E-state index >= 15 is 0 Å². The second kappa shape index (κ2) is 5.71. The van der Waals surface area contributed by atoms with Crippen LogP contribution >= 0.6 is 0 Å². The molecule has 1 aliphatic carbocycles. The van der Waals surface area contributed by atoms with Crippen molar-refractivity contribution < 1.29 is 8.78 Å². The first-order valence-electron chi connectivity index (χ1n) is 8.32. The van der Waals surface area contributed by atoms with Crippen LogP contribution in [0.25, 0.3) is 0 Å². The molecule has 3 nitrogen and oxygen atoms in total. The Bertz CT molecular complexity index is 721. The number of benzene rings is 1. The average Bonchev–Trinajstić information content (AvgIpc) is 3.14. The largest absolute Gasteiger partial charge is 0.328 e. The maximum absolute atomic E-state index is 13.8. The number of imidazole rings is 1. The molecule has 0 spiro atoms. The lowest BCUT2D eigenvalue weighted by atomic mass is 10.2. The van der Waals surface area contributed by atoms with Gasteiger partial charge in [-0.25, -0.2) is 13.8 Å². The first-order valence-corrected chi connectivity index (χ1v) is 8.32. The van der Waals surface area contributed by atoms with Gasteiger partial charge >= 0.3 is 0 Å². The van der Waals surface area contributed by atoms with Crippen molar-refractivity contribution in [3.05, 3.63) is 53.1 Å². The molecule has 0 bridgehead atoms. The van der Waals surface area contributed by atoms with Gasteiger partial charge in [-0.15, -0.1) is 0 Å². The molecular formula is C18H21F2N3. The number of hydrogen-bond donors (Lipinski definition) is 0. The predicted molar refractivity (Wildman–Crippen MR) is 84.2 cm³/mol. The fourth-order valence-electron chi connectivity index (χ4n) is 3.64. The molecule has 1 atom stereocenters. The highest BCUT2D eigenvalue weighted by atomic mass is 19.1. The summed E-state index contributed by atoms with van der Waals surface area (Å²) < 4.78 is 29.2. The molecule has 0 radical (unpaired) electrons. The van der Waals surface area contributed by atoms with Gasteiger partial charge in [0, 0.05) is 55.1 Å². The molecule has 1 saturated heterocycles. The van der Waals surface area contributed by atoms with Gasteiger partial charge in [0.05, 0.1) is 0 Å². The van der Waals surface area contributed by atoms with Crippen LogP contribution in [0.2, 0.25) is 0 Å². The van der Waals surface area contributed by atoms with E-state index in [2.05, 4.69) is 21.4 Å². The van der Waals surface area contributed by atoms with Crippen molar-refractivity contribution >= 4 is 0 Å². The maximum atomic E-state index is 13.8. The summed E-state index contributed by atoms with van der Waals surface area (Å²) in [5, 5.41) is 0. The second-order valence-electron chi connectivity index (χ2n) is 6.82. The van der Waals surface area contributed by atoms with Crippen molar-refractivity contribution in [3.8, 4) is 0 Å². The van der Waals surface area contributed by atoms with E-state index in [4.69, 9.17) is 0 Å². The van der Waals surface area contributed by atoms with E-state index < -0.39 is 11.6 Å². The summed E-state index contributed by atoms with van der Waals surface area (Å²) in [5.74, 6) is 0.884. The summed E-state index contributed by atoms with van der Waals surface area (Å²) in [6, 6.07) is 4.26. The Labute approximate surface area is 134 Å². The lowest BCUT2D eigenvalue weighted by Gasteiger charge is -2.19. The van der Waals surface area contributed by atoms with Crippen LogP contribution in [0.4, 0.5) is 8.78 Å². The maximum Gasteiger partial charge on any atom is 0.130 e. The average molecular weight is 317 g/mol. The minimum absolute atomic E-state index is 0.414. The third-order valence-electron chi connectivity index (χ3n) is 4.97. The fourth-order valence-corrected chi connectivity index (χ4v) is 3.64. The van der Waals surface area contributed by atoms with Crippen molar-refractivity contribution in [3.63, 3.8) is 0 Å². The van der Waals surface area contributed by atoms with Gasteiger partial charge in [0.2, 0.25) is 0 Å². The summed E-state index contributed by atoms with van der Waals surface area (Å²) >= 11 is 0. The lowest BCUT2D eigenvalue weighted by Crippen LogP contribution is -2.22. The van der Waals surface area contributed by atoms with E-state index in [-0.39, 0.29) is 0 Å². The molecule has 2 aliphatic rings. The summed E-state index contributed by atoms with van der Waals surface area (Å²) in [4.78, 5) is 6.85. The monoisotopic (exact) mass is 317 g/mol. The Kier molecular flexibility index (Phi) is 3.68. The van der Waals surface area contributed by atoms with E-state index in [0.717, 1.165) is 25.6 Å². The van der Waals surface area contributed by atoms with Crippen molar-refractivity contribution in [2.75, 3.05) is 13.1 Å². The van der Waals surface area contributed by atoms with Crippen LogP contribution in [0.3, 0.4) is 0 Å². The van der Waals surface area contributed by atoms with Crippen molar-refractivity contribution in [2.24, 2.45) is 0 Å². The standard InChI is InChI=1S/C18H21F2N3/c1-12-9-21-18(13-2-3-13)23(12)16-6-7-22(11-16)10-14-4-5-15(19)8-17(14)20/h4-5,8-9,13,16H,2-3,6-7,10-11H2,1H3. The third kappa shape index (κ3) is 2.90. The minimum atomic E-state index is -0.520. The topological polar surface area (TPSA) is 21.1 Å². The van der Waals surface area contributed by atoms with Crippen LogP contribution in [0, 0.1) is 18.6 Å². The number of aromatic nitrogens is 2. The van der Waals surface area contributed by atoms with Gasteiger partial charge in [0.1, 0.15) is 17.5 Å². The number of rotatable bonds is 4. The van der Waals surface area contributed by atoms with Crippen molar-refractivity contribution in [1.29, 1.82) is 0 Å². The Morgan fingerprint density at radius 2 is 2.04 bits per heavy atom. The zero-order chi connectivity index (χ0) is 16.0. The summed E-state index contributed by atoms with van der Waals surface area (Å²) in [5.41, 5.74) is 1.78. The van der Waals surface area contributed by atoms with Crippen LogP contribution in [0.5, 0.6) is 0 Å². The zero-order valence-electron chi connectivity index (χ0n) is 13.3. The molecule has 1 saturated carbocycles. The van der Waals surface area contributed by atoms with Crippen LogP contribution in [-0.4, -0.2) is 27.5 Å². The van der Waals surface area contributed by atoms with Gasteiger partial charge in [0.25, 0.3) is 0 Å². The predicted octanol–water partition coefficient (Wildman–Crippen LogP) is 3.79. The quantitative estimate of drug-likeness (QED) is 0.855. The molecule has 23 heavy (non-hydrogen) atoms. The Hall–Kier alpha value is -1.75. The number of nitrogens with zero attached hydrogens (tertiary/aromatic N) is 3. The number of aryl methyl sites for hydroxylation is 1. The Balaban J connectivity index is 1.48. The van der Waals surface area contributed by atoms with Gasteiger partial charge in [-0.05, 0) is 32.3 Å². The Morgan fingerprint density at radius 3 is 2.78 bits per heavy atom. The van der Waals surface area contributed by atoms with Crippen LogP contribution in [0.15, 0.2) is 24.4 Å². The molecule has 2 heterocycles. The Morgan fingerprint density at radius 1 is 1.22 bits per heavy atom. The van der Waals surface area contributed by atoms with Crippen LogP contribution < -0.4 is 0 Å². The van der Waals surface area contributed by atoms with E-state index in [1.807, 2.05) is 6.20 Å². The summed E-state index contributed by atoms with van der Waals surface area (Å²) in [6.07, 6.45) is 5.51. The number of likely N-dealkylation sites (tertiary alicyclic amines) is 1. The van der Waals surface area contributed by atoms with Crippen molar-refractivity contribution in [2.45, 2.75) is 44.7 Å². The molecule has 1 aromatic carbocycles. The summed E-state index contributed by atoms with van der Waals surface area (Å²) in [6.45, 7) is 4.48. The van der Waals surface area contributed by atoms with E-state index in [0.29, 0.717) is 24.1 Å².